The first-order chi connectivity index (χ1) is 16.5. The highest BCUT2D eigenvalue weighted by Gasteiger charge is 2.23. The van der Waals surface area contributed by atoms with Crippen LogP contribution in [0.25, 0.3) is 0 Å². The van der Waals surface area contributed by atoms with E-state index in [9.17, 15) is 14.0 Å². The zero-order chi connectivity index (χ0) is 23.9. The quantitative estimate of drug-likeness (QED) is 0.477. The summed E-state index contributed by atoms with van der Waals surface area (Å²) < 4.78 is 24.2. The van der Waals surface area contributed by atoms with Crippen LogP contribution in [0.1, 0.15) is 21.5 Å². The number of hydrogen-bond acceptors (Lipinski definition) is 5. The second kappa shape index (κ2) is 10.9. The molecule has 7 heteroatoms. The number of ketones is 1. The van der Waals surface area contributed by atoms with Gasteiger partial charge in [0.25, 0.3) is 5.91 Å². The Balaban J connectivity index is 1.35. The summed E-state index contributed by atoms with van der Waals surface area (Å²) in [4.78, 5) is 29.8. The van der Waals surface area contributed by atoms with Crippen molar-refractivity contribution in [2.45, 2.75) is 6.54 Å². The Morgan fingerprint density at radius 2 is 1.62 bits per heavy atom. The summed E-state index contributed by atoms with van der Waals surface area (Å²) in [7, 11) is 1.54. The average molecular weight is 463 g/mol. The minimum absolute atomic E-state index is 0.137. The highest BCUT2D eigenvalue weighted by molar-refractivity contribution is 6.10. The zero-order valence-electron chi connectivity index (χ0n) is 19.1. The fourth-order valence-corrected chi connectivity index (χ4v) is 3.92. The molecule has 3 aromatic rings. The van der Waals surface area contributed by atoms with Crippen LogP contribution in [0.3, 0.4) is 0 Å². The molecule has 3 aromatic carbocycles. The van der Waals surface area contributed by atoms with Crippen molar-refractivity contribution >= 4 is 11.7 Å². The molecule has 0 spiro atoms. The van der Waals surface area contributed by atoms with Gasteiger partial charge in [-0.25, -0.2) is 4.39 Å². The summed E-state index contributed by atoms with van der Waals surface area (Å²) in [6, 6.07) is 20.4. The number of methoxy groups -OCH3 is 1. The molecular weight excluding hydrogens is 435 g/mol. The van der Waals surface area contributed by atoms with Crippen molar-refractivity contribution in [1.29, 1.82) is 0 Å². The van der Waals surface area contributed by atoms with Gasteiger partial charge in [-0.2, -0.15) is 0 Å². The largest absolute Gasteiger partial charge is 0.497 e. The first-order valence-corrected chi connectivity index (χ1v) is 11.2. The van der Waals surface area contributed by atoms with Gasteiger partial charge in [0.05, 0.1) is 12.7 Å². The molecule has 0 saturated carbocycles. The minimum atomic E-state index is -0.246. The van der Waals surface area contributed by atoms with E-state index < -0.39 is 0 Å². The number of halogens is 1. The second-order valence-electron chi connectivity index (χ2n) is 8.13. The summed E-state index contributed by atoms with van der Waals surface area (Å²) in [6.45, 7) is 3.16. The normalized spacial score (nSPS) is 14.0. The van der Waals surface area contributed by atoms with Crippen LogP contribution in [-0.2, 0) is 11.3 Å². The van der Waals surface area contributed by atoms with Gasteiger partial charge < -0.3 is 14.4 Å². The number of carbonyl (C=O) groups is 2. The third-order valence-corrected chi connectivity index (χ3v) is 5.86. The van der Waals surface area contributed by atoms with Crippen molar-refractivity contribution in [2.75, 3.05) is 39.9 Å². The van der Waals surface area contributed by atoms with Crippen LogP contribution in [0.15, 0.2) is 72.8 Å². The van der Waals surface area contributed by atoms with Crippen molar-refractivity contribution in [1.82, 2.24) is 9.80 Å². The molecule has 176 valence electrons. The van der Waals surface area contributed by atoms with Crippen LogP contribution in [0, 0.1) is 5.82 Å². The fourth-order valence-electron chi connectivity index (χ4n) is 3.92. The molecule has 1 aliphatic heterocycles. The van der Waals surface area contributed by atoms with Gasteiger partial charge in [-0.3, -0.25) is 14.5 Å². The Bertz CT molecular complexity index is 1130. The van der Waals surface area contributed by atoms with E-state index in [0.29, 0.717) is 42.3 Å². The van der Waals surface area contributed by atoms with Crippen LogP contribution < -0.4 is 9.47 Å². The number of amides is 1. The molecule has 1 heterocycles. The monoisotopic (exact) mass is 462 g/mol. The number of rotatable bonds is 8. The van der Waals surface area contributed by atoms with Gasteiger partial charge in [0.15, 0.2) is 12.4 Å². The number of carbonyl (C=O) groups excluding carboxylic acids is 2. The van der Waals surface area contributed by atoms with E-state index in [1.807, 2.05) is 6.07 Å². The molecule has 0 radical (unpaired) electrons. The van der Waals surface area contributed by atoms with Crippen LogP contribution in [0.2, 0.25) is 0 Å². The van der Waals surface area contributed by atoms with Gasteiger partial charge >= 0.3 is 0 Å². The third kappa shape index (κ3) is 5.80. The van der Waals surface area contributed by atoms with Crippen molar-refractivity contribution in [3.05, 3.63) is 95.3 Å². The molecule has 1 aliphatic rings. The van der Waals surface area contributed by atoms with Gasteiger partial charge in [0, 0.05) is 44.4 Å². The van der Waals surface area contributed by atoms with Crippen LogP contribution in [-0.4, -0.2) is 61.4 Å². The van der Waals surface area contributed by atoms with Crippen molar-refractivity contribution in [3.63, 3.8) is 0 Å². The summed E-state index contributed by atoms with van der Waals surface area (Å²) in [6.07, 6.45) is 0. The van der Waals surface area contributed by atoms with Crippen molar-refractivity contribution < 1.29 is 23.5 Å². The van der Waals surface area contributed by atoms with Crippen LogP contribution in [0.4, 0.5) is 4.39 Å². The smallest absolute Gasteiger partial charge is 0.260 e. The lowest BCUT2D eigenvalue weighted by Crippen LogP contribution is -2.49. The Morgan fingerprint density at radius 1 is 0.912 bits per heavy atom. The molecule has 0 aliphatic carbocycles. The van der Waals surface area contributed by atoms with Gasteiger partial charge in [-0.1, -0.05) is 42.5 Å². The lowest BCUT2D eigenvalue weighted by Gasteiger charge is -2.34. The number of benzene rings is 3. The Kier molecular flexibility index (Phi) is 7.54. The van der Waals surface area contributed by atoms with E-state index in [2.05, 4.69) is 4.90 Å². The fraction of sp³-hybridized carbons (Fsp3) is 0.259. The minimum Gasteiger partial charge on any atom is -0.497 e. The summed E-state index contributed by atoms with van der Waals surface area (Å²) >= 11 is 0. The van der Waals surface area contributed by atoms with E-state index >= 15 is 0 Å². The lowest BCUT2D eigenvalue weighted by molar-refractivity contribution is -0.135. The standard InChI is InChI=1S/C27H27FN2O4/c1-33-23-11-12-24(27(32)21-5-3-2-4-6-21)25(17-23)34-19-26(31)30-15-13-29(14-16-30)18-20-7-9-22(28)10-8-20/h2-12,17H,13-16,18-19H2,1H3. The first-order valence-electron chi connectivity index (χ1n) is 11.2. The Labute approximate surface area is 198 Å². The second-order valence-corrected chi connectivity index (χ2v) is 8.13. The van der Waals surface area contributed by atoms with E-state index in [1.165, 1.54) is 19.2 Å². The first kappa shape index (κ1) is 23.4. The molecule has 34 heavy (non-hydrogen) atoms. The van der Waals surface area contributed by atoms with E-state index in [-0.39, 0.29) is 24.1 Å². The predicted octanol–water partition coefficient (Wildman–Crippen LogP) is 3.79. The maximum atomic E-state index is 13.1. The van der Waals surface area contributed by atoms with Gasteiger partial charge in [0.2, 0.25) is 0 Å². The molecule has 0 N–H and O–H groups in total. The predicted molar refractivity (Wildman–Crippen MR) is 127 cm³/mol. The molecule has 1 saturated heterocycles. The average Bonchev–Trinajstić information content (AvgIpc) is 2.89. The summed E-state index contributed by atoms with van der Waals surface area (Å²) in [5, 5.41) is 0. The molecule has 6 nitrogen and oxygen atoms in total. The molecule has 0 unspecified atom stereocenters. The number of hydrogen-bond donors (Lipinski definition) is 0. The number of nitrogens with zero attached hydrogens (tertiary/aromatic N) is 2. The maximum absolute atomic E-state index is 13.1. The van der Waals surface area contributed by atoms with Crippen molar-refractivity contribution in [3.8, 4) is 11.5 Å². The Morgan fingerprint density at radius 3 is 2.29 bits per heavy atom. The van der Waals surface area contributed by atoms with Gasteiger partial charge in [-0.05, 0) is 29.8 Å². The summed E-state index contributed by atoms with van der Waals surface area (Å²) in [5.74, 6) is 0.296. The summed E-state index contributed by atoms with van der Waals surface area (Å²) in [5.41, 5.74) is 1.96. The number of ether oxygens (including phenoxy) is 2. The Hall–Kier alpha value is -3.71. The van der Waals surface area contributed by atoms with Gasteiger partial charge in [0.1, 0.15) is 17.3 Å². The van der Waals surface area contributed by atoms with Gasteiger partial charge in [-0.15, -0.1) is 0 Å². The van der Waals surface area contributed by atoms with E-state index in [1.54, 1.807) is 59.5 Å². The molecule has 1 amide bonds. The molecule has 4 rings (SSSR count). The third-order valence-electron chi connectivity index (χ3n) is 5.86. The van der Waals surface area contributed by atoms with Crippen LogP contribution >= 0.6 is 0 Å². The lowest BCUT2D eigenvalue weighted by atomic mass is 10.0. The SMILES string of the molecule is COc1ccc(C(=O)c2ccccc2)c(OCC(=O)N2CCN(Cc3ccc(F)cc3)CC2)c1. The topological polar surface area (TPSA) is 59.1 Å². The molecular formula is C27H27FN2O4. The molecule has 0 aromatic heterocycles. The number of piperazine rings is 1. The molecule has 1 fully saturated rings. The molecule has 0 atom stereocenters. The van der Waals surface area contributed by atoms with Crippen molar-refractivity contribution in [2.24, 2.45) is 0 Å². The highest BCUT2D eigenvalue weighted by atomic mass is 19.1. The van der Waals surface area contributed by atoms with Crippen LogP contribution in [0.5, 0.6) is 11.5 Å². The maximum Gasteiger partial charge on any atom is 0.260 e. The zero-order valence-corrected chi connectivity index (χ0v) is 19.1. The van der Waals surface area contributed by atoms with E-state index in [0.717, 1.165) is 18.7 Å². The highest BCUT2D eigenvalue weighted by Crippen LogP contribution is 2.27. The van der Waals surface area contributed by atoms with E-state index in [4.69, 9.17) is 9.47 Å². The molecule has 0 bridgehead atoms.